The summed E-state index contributed by atoms with van der Waals surface area (Å²) in [4.78, 5) is 2.87. The lowest BCUT2D eigenvalue weighted by molar-refractivity contribution is 0.473. The quantitative estimate of drug-likeness (QED) is 0.681. The van der Waals surface area contributed by atoms with E-state index in [1.54, 1.807) is 0 Å². The fraction of sp³-hybridized carbons (Fsp3) is 0. The third-order valence-corrected chi connectivity index (χ3v) is 3.07. The van der Waals surface area contributed by atoms with E-state index in [1.165, 1.54) is 0 Å². The molecule has 0 spiro atoms. The van der Waals surface area contributed by atoms with Gasteiger partial charge in [0.15, 0.2) is 5.03 Å². The Hall–Kier alpha value is -0.0100. The second-order valence-electron chi connectivity index (χ2n) is 2.28. The predicted molar refractivity (Wildman–Crippen MR) is 48.1 cm³/mol. The maximum Gasteiger partial charge on any atom is 0.268 e. The van der Waals surface area contributed by atoms with Crippen molar-refractivity contribution in [2.45, 2.75) is 5.03 Å². The van der Waals surface area contributed by atoms with Crippen molar-refractivity contribution >= 4 is 35.7 Å². The van der Waals surface area contributed by atoms with Crippen molar-refractivity contribution in [3.63, 3.8) is 0 Å². The molecule has 0 aliphatic rings. The van der Waals surface area contributed by atoms with E-state index in [4.69, 9.17) is 0 Å². The van der Waals surface area contributed by atoms with E-state index in [-0.39, 0.29) is 0 Å². The van der Waals surface area contributed by atoms with E-state index in [2.05, 4.69) is 31.6 Å². The molecule has 1 rings (SSSR count). The van der Waals surface area contributed by atoms with Crippen molar-refractivity contribution in [3.8, 4) is 0 Å². The standard InChI is InChI=1S/C5H3BrClF4NS/c6-4-1-2-5(12-3-4)13(7,8,9,10)11/h1-3H. The number of nitrogens with zero attached hydrogens (tertiary/aromatic N) is 1. The Bertz CT molecular complexity index is 332. The first-order valence-corrected chi connectivity index (χ1v) is 6.52. The lowest BCUT2D eigenvalue weighted by Gasteiger charge is -2.41. The van der Waals surface area contributed by atoms with Crippen molar-refractivity contribution in [1.29, 1.82) is 0 Å². The van der Waals surface area contributed by atoms with E-state index in [0.717, 1.165) is 12.3 Å². The van der Waals surface area contributed by atoms with Gasteiger partial charge < -0.3 is 0 Å². The summed E-state index contributed by atoms with van der Waals surface area (Å²) in [7, 11) is -4.62. The Kier molecular flexibility index (Phi) is 1.97. The van der Waals surface area contributed by atoms with E-state index in [0.29, 0.717) is 10.5 Å². The van der Waals surface area contributed by atoms with Crippen LogP contribution in [0.15, 0.2) is 27.8 Å². The second kappa shape index (κ2) is 2.32. The minimum Gasteiger partial charge on any atom is -0.241 e. The van der Waals surface area contributed by atoms with Gasteiger partial charge in [0.2, 0.25) is 0 Å². The Balaban J connectivity index is 3.34. The molecule has 0 amide bonds. The molecule has 13 heavy (non-hydrogen) atoms. The zero-order chi connectivity index (χ0) is 10.4. The summed E-state index contributed by atoms with van der Waals surface area (Å²) in [5.74, 6) is 0. The maximum absolute atomic E-state index is 12.4. The second-order valence-corrected chi connectivity index (χ2v) is 7.42. The van der Waals surface area contributed by atoms with Gasteiger partial charge in [-0.05, 0) is 28.1 Å². The molecule has 0 saturated heterocycles. The number of hydrogen-bond donors (Lipinski definition) is 0. The van der Waals surface area contributed by atoms with Gasteiger partial charge in [0.1, 0.15) is 0 Å². The van der Waals surface area contributed by atoms with Crippen LogP contribution in [0.4, 0.5) is 15.5 Å². The van der Waals surface area contributed by atoms with Crippen LogP contribution in [0.5, 0.6) is 0 Å². The van der Waals surface area contributed by atoms with Gasteiger partial charge in [-0.15, -0.1) is 15.5 Å². The molecule has 0 aliphatic heterocycles. The Morgan fingerprint density at radius 2 is 1.77 bits per heavy atom. The maximum atomic E-state index is 12.4. The third kappa shape index (κ3) is 2.99. The first-order chi connectivity index (χ1) is 5.49. The fourth-order valence-corrected chi connectivity index (χ4v) is 1.68. The molecule has 0 saturated carbocycles. The normalized spacial score (nSPS) is 17.7. The Morgan fingerprint density at radius 3 is 2.08 bits per heavy atom. The van der Waals surface area contributed by atoms with Crippen molar-refractivity contribution in [3.05, 3.63) is 22.8 Å². The highest BCUT2D eigenvalue weighted by atomic mass is 79.9. The van der Waals surface area contributed by atoms with Gasteiger partial charge in [-0.25, -0.2) is 4.98 Å². The molecule has 0 fully saturated rings. The summed E-state index contributed by atoms with van der Waals surface area (Å²) >= 11 is 2.87. The topological polar surface area (TPSA) is 12.9 Å². The van der Waals surface area contributed by atoms with E-state index in [1.807, 2.05) is 0 Å². The van der Waals surface area contributed by atoms with Crippen LogP contribution in [-0.4, -0.2) is 4.98 Å². The Labute approximate surface area is 84.2 Å². The van der Waals surface area contributed by atoms with Gasteiger partial charge in [0.05, 0.1) is 0 Å². The summed E-state index contributed by atoms with van der Waals surface area (Å²) in [6, 6.07) is 1.50. The van der Waals surface area contributed by atoms with Crippen LogP contribution in [0.3, 0.4) is 0 Å². The van der Waals surface area contributed by atoms with Crippen molar-refractivity contribution in [2.75, 3.05) is 0 Å². The molecule has 0 bridgehead atoms. The lowest BCUT2D eigenvalue weighted by Crippen LogP contribution is -2.06. The highest BCUT2D eigenvalue weighted by molar-refractivity contribution is 9.10. The molecule has 1 aromatic heterocycles. The van der Waals surface area contributed by atoms with E-state index < -0.39 is 14.1 Å². The van der Waals surface area contributed by atoms with E-state index >= 15 is 0 Å². The molecule has 0 aliphatic carbocycles. The first-order valence-electron chi connectivity index (χ1n) is 2.85. The average molecular weight is 301 g/mol. The molecule has 76 valence electrons. The molecule has 0 radical (unpaired) electrons. The molecular formula is C5H3BrClF4NS. The molecule has 0 unspecified atom stereocenters. The first kappa shape index (κ1) is 11.1. The molecule has 1 nitrogen and oxygen atoms in total. The fourth-order valence-electron chi connectivity index (χ4n) is 0.590. The lowest BCUT2D eigenvalue weighted by atomic mass is 10.5. The summed E-state index contributed by atoms with van der Waals surface area (Å²) in [6.45, 7) is 0. The molecule has 8 heteroatoms. The number of aromatic nitrogens is 1. The zero-order valence-corrected chi connectivity index (χ0v) is 9.01. The smallest absolute Gasteiger partial charge is 0.241 e. The molecule has 0 N–H and O–H groups in total. The molecular weight excluding hydrogens is 297 g/mol. The van der Waals surface area contributed by atoms with Crippen LogP contribution < -0.4 is 0 Å². The summed E-state index contributed by atoms with van der Waals surface area (Å²) in [5.41, 5.74) is 0. The zero-order valence-electron chi connectivity index (χ0n) is 5.86. The molecule has 0 aromatic carbocycles. The number of halogens is 6. The van der Waals surface area contributed by atoms with Crippen LogP contribution in [0.25, 0.3) is 0 Å². The van der Waals surface area contributed by atoms with Crippen molar-refractivity contribution in [1.82, 2.24) is 4.98 Å². The van der Waals surface area contributed by atoms with Gasteiger partial charge in [-0.3, -0.25) is 0 Å². The molecule has 0 atom stereocenters. The van der Waals surface area contributed by atoms with E-state index in [9.17, 15) is 15.5 Å². The van der Waals surface area contributed by atoms with Gasteiger partial charge in [-0.2, -0.15) is 0 Å². The third-order valence-electron chi connectivity index (χ3n) is 1.10. The van der Waals surface area contributed by atoms with Gasteiger partial charge in [-0.1, -0.05) is 0 Å². The van der Waals surface area contributed by atoms with Crippen molar-refractivity contribution < 1.29 is 15.5 Å². The van der Waals surface area contributed by atoms with Crippen LogP contribution in [0.2, 0.25) is 0 Å². The minimum absolute atomic E-state index is 0.315. The predicted octanol–water partition coefficient (Wildman–Crippen LogP) is 4.77. The number of rotatable bonds is 1. The SMILES string of the molecule is FS(F)(F)(F)(Cl)c1ccc(Br)cn1. The summed E-state index contributed by atoms with van der Waals surface area (Å²) in [6.07, 6.45) is 0.829. The molecule has 1 heterocycles. The average Bonchev–Trinajstić information content (AvgIpc) is 1.82. The monoisotopic (exact) mass is 299 g/mol. The number of pyridine rings is 1. The van der Waals surface area contributed by atoms with Crippen LogP contribution >= 0.6 is 35.7 Å². The van der Waals surface area contributed by atoms with Gasteiger partial charge >= 0.3 is 0 Å². The van der Waals surface area contributed by atoms with Crippen LogP contribution in [0.1, 0.15) is 0 Å². The van der Waals surface area contributed by atoms with Crippen LogP contribution in [-0.2, 0) is 0 Å². The summed E-state index contributed by atoms with van der Waals surface area (Å²) < 4.78 is 50.0. The Morgan fingerprint density at radius 1 is 1.23 bits per heavy atom. The highest BCUT2D eigenvalue weighted by Crippen LogP contribution is 3.03. The minimum atomic E-state index is -8.61. The largest absolute Gasteiger partial charge is 0.268 e. The molecule has 1 aromatic rings. The highest BCUT2D eigenvalue weighted by Gasteiger charge is 2.64. The van der Waals surface area contributed by atoms with Crippen LogP contribution in [0, 0.1) is 0 Å². The van der Waals surface area contributed by atoms with Gasteiger partial charge in [0, 0.05) is 21.4 Å². The number of hydrogen-bond acceptors (Lipinski definition) is 1. The van der Waals surface area contributed by atoms with Gasteiger partial charge in [0.25, 0.3) is 9.05 Å². The summed E-state index contributed by atoms with van der Waals surface area (Å²) in [5, 5.41) is -1.69. The van der Waals surface area contributed by atoms with Crippen molar-refractivity contribution in [2.24, 2.45) is 0 Å².